The molecular weight excluding hydrogens is 424 g/mol. The maximum atomic E-state index is 12.4. The van der Waals surface area contributed by atoms with Crippen LogP contribution in [0, 0.1) is 0 Å². The largest absolute Gasteiger partial charge is 0.351 e. The van der Waals surface area contributed by atoms with Gasteiger partial charge in [-0.15, -0.1) is 0 Å². The lowest BCUT2D eigenvalue weighted by Crippen LogP contribution is -2.42. The quantitative estimate of drug-likeness (QED) is 0.486. The third kappa shape index (κ3) is 2.82. The first-order valence-corrected chi connectivity index (χ1v) is 8.59. The Kier molecular flexibility index (Phi) is 3.54. The van der Waals surface area contributed by atoms with Crippen LogP contribution in [0.3, 0.4) is 0 Å². The molecule has 2 aromatic carbocycles. The van der Waals surface area contributed by atoms with Gasteiger partial charge in [-0.2, -0.15) is 0 Å². The van der Waals surface area contributed by atoms with Crippen LogP contribution in [0.5, 0.6) is 0 Å². The molecule has 23 heavy (non-hydrogen) atoms. The molecule has 4 N–H and O–H groups in total. The first kappa shape index (κ1) is 14.6. The molecule has 0 spiro atoms. The summed E-state index contributed by atoms with van der Waals surface area (Å²) in [5.74, 6) is -0.172. The molecule has 0 bridgehead atoms. The number of aromatic nitrogens is 1. The number of fused-ring (bicyclic) bond motifs is 2. The Bertz CT molecular complexity index is 922. The first-order chi connectivity index (χ1) is 11.1. The summed E-state index contributed by atoms with van der Waals surface area (Å²) < 4.78 is 1.97. The number of nitrogens with one attached hydrogen (secondary N) is 4. The van der Waals surface area contributed by atoms with Gasteiger partial charge in [-0.1, -0.05) is 31.9 Å². The van der Waals surface area contributed by atoms with Crippen LogP contribution in [-0.2, 0) is 0 Å². The fraction of sp³-hybridized carbons (Fsp3) is 0.0625. The number of benzene rings is 2. The molecular formula is C16H12Br2N4O. The Morgan fingerprint density at radius 2 is 1.70 bits per heavy atom. The summed E-state index contributed by atoms with van der Waals surface area (Å²) in [6.45, 7) is 0. The van der Waals surface area contributed by atoms with Crippen molar-refractivity contribution in [2.45, 2.75) is 6.29 Å². The molecule has 116 valence electrons. The van der Waals surface area contributed by atoms with E-state index in [0.717, 1.165) is 31.2 Å². The molecule has 2 heterocycles. The normalized spacial score (nSPS) is 15.8. The molecule has 1 aliphatic heterocycles. The maximum absolute atomic E-state index is 12.4. The number of H-pyrrole nitrogens is 1. The van der Waals surface area contributed by atoms with E-state index in [1.165, 1.54) is 0 Å². The number of carbonyl (C=O) groups excluding carboxylic acids is 1. The van der Waals surface area contributed by atoms with Crippen molar-refractivity contribution in [3.05, 3.63) is 57.1 Å². The predicted molar refractivity (Wildman–Crippen MR) is 98.6 cm³/mol. The number of amides is 1. The third-order valence-electron chi connectivity index (χ3n) is 3.68. The van der Waals surface area contributed by atoms with Gasteiger partial charge in [-0.3, -0.25) is 4.79 Å². The topological polar surface area (TPSA) is 69.0 Å². The van der Waals surface area contributed by atoms with Gasteiger partial charge in [-0.05, 0) is 42.5 Å². The van der Waals surface area contributed by atoms with Crippen LogP contribution in [-0.4, -0.2) is 17.2 Å². The Morgan fingerprint density at radius 1 is 0.957 bits per heavy atom. The second-order valence-corrected chi connectivity index (χ2v) is 7.13. The molecule has 0 fully saturated rings. The lowest BCUT2D eigenvalue weighted by molar-refractivity contribution is 0.0942. The standard InChI is InChI=1S/C16H12Br2N4O/c17-9-1-3-11-8(5-9)6-14(19-11)15(23)22-16-20-12-4-2-10(18)7-13(12)21-16/h1-7,16,19-21H,(H,22,23). The van der Waals surface area contributed by atoms with Crippen LogP contribution < -0.4 is 16.0 Å². The van der Waals surface area contributed by atoms with E-state index >= 15 is 0 Å². The molecule has 1 unspecified atom stereocenters. The minimum atomic E-state index is -0.343. The molecule has 1 aliphatic rings. The lowest BCUT2D eigenvalue weighted by atomic mass is 10.2. The Morgan fingerprint density at radius 3 is 2.57 bits per heavy atom. The predicted octanol–water partition coefficient (Wildman–Crippen LogP) is 4.24. The zero-order valence-corrected chi connectivity index (χ0v) is 15.0. The molecule has 5 nitrogen and oxygen atoms in total. The van der Waals surface area contributed by atoms with Crippen molar-refractivity contribution in [1.29, 1.82) is 0 Å². The van der Waals surface area contributed by atoms with E-state index in [1.54, 1.807) is 0 Å². The average molecular weight is 436 g/mol. The van der Waals surface area contributed by atoms with E-state index in [9.17, 15) is 4.79 Å². The monoisotopic (exact) mass is 434 g/mol. The molecule has 1 atom stereocenters. The van der Waals surface area contributed by atoms with Crippen LogP contribution in [0.25, 0.3) is 10.9 Å². The smallest absolute Gasteiger partial charge is 0.270 e. The number of carbonyl (C=O) groups is 1. The number of hydrogen-bond acceptors (Lipinski definition) is 3. The van der Waals surface area contributed by atoms with E-state index in [0.29, 0.717) is 5.69 Å². The van der Waals surface area contributed by atoms with Crippen molar-refractivity contribution in [1.82, 2.24) is 10.3 Å². The molecule has 7 heteroatoms. The van der Waals surface area contributed by atoms with Crippen molar-refractivity contribution < 1.29 is 4.79 Å². The zero-order valence-electron chi connectivity index (χ0n) is 11.8. The number of aromatic amines is 1. The molecule has 0 aliphatic carbocycles. The van der Waals surface area contributed by atoms with Gasteiger partial charge in [0.1, 0.15) is 5.69 Å². The van der Waals surface area contributed by atoms with E-state index in [-0.39, 0.29) is 12.2 Å². The minimum absolute atomic E-state index is 0.172. The summed E-state index contributed by atoms with van der Waals surface area (Å²) in [7, 11) is 0. The molecule has 0 saturated heterocycles. The number of hydrogen-bond donors (Lipinski definition) is 4. The van der Waals surface area contributed by atoms with Crippen LogP contribution in [0.4, 0.5) is 11.4 Å². The summed E-state index contributed by atoms with van der Waals surface area (Å²) in [5, 5.41) is 10.4. The van der Waals surface area contributed by atoms with Gasteiger partial charge in [0.25, 0.3) is 5.91 Å². The third-order valence-corrected chi connectivity index (χ3v) is 4.67. The molecule has 3 aromatic rings. The van der Waals surface area contributed by atoms with Crippen molar-refractivity contribution >= 4 is 60.0 Å². The summed E-state index contributed by atoms with van der Waals surface area (Å²) in [4.78, 5) is 15.6. The van der Waals surface area contributed by atoms with Crippen LogP contribution >= 0.6 is 31.9 Å². The molecule has 1 aromatic heterocycles. The second kappa shape index (κ2) is 5.58. The van der Waals surface area contributed by atoms with Gasteiger partial charge >= 0.3 is 0 Å². The van der Waals surface area contributed by atoms with E-state index < -0.39 is 0 Å². The molecule has 1 amide bonds. The summed E-state index contributed by atoms with van der Waals surface area (Å²) in [6.07, 6.45) is -0.343. The van der Waals surface area contributed by atoms with Gasteiger partial charge in [0.05, 0.1) is 11.4 Å². The highest BCUT2D eigenvalue weighted by atomic mass is 79.9. The van der Waals surface area contributed by atoms with E-state index in [4.69, 9.17) is 0 Å². The average Bonchev–Trinajstić information content (AvgIpc) is 3.09. The van der Waals surface area contributed by atoms with Crippen LogP contribution in [0.1, 0.15) is 10.5 Å². The van der Waals surface area contributed by atoms with Gasteiger partial charge < -0.3 is 20.9 Å². The highest BCUT2D eigenvalue weighted by Crippen LogP contribution is 2.31. The van der Waals surface area contributed by atoms with E-state index in [2.05, 4.69) is 52.8 Å². The first-order valence-electron chi connectivity index (χ1n) is 7.00. The minimum Gasteiger partial charge on any atom is -0.351 e. The highest BCUT2D eigenvalue weighted by molar-refractivity contribution is 9.10. The number of rotatable bonds is 2. The van der Waals surface area contributed by atoms with Gasteiger partial charge in [-0.25, -0.2) is 0 Å². The summed E-state index contributed by atoms with van der Waals surface area (Å²) in [5.41, 5.74) is 3.36. The van der Waals surface area contributed by atoms with Crippen LogP contribution in [0.2, 0.25) is 0 Å². The zero-order chi connectivity index (χ0) is 16.0. The van der Waals surface area contributed by atoms with Crippen molar-refractivity contribution in [2.24, 2.45) is 0 Å². The van der Waals surface area contributed by atoms with Gasteiger partial charge in [0, 0.05) is 19.8 Å². The number of anilines is 2. The van der Waals surface area contributed by atoms with Gasteiger partial charge in [0.15, 0.2) is 6.29 Å². The maximum Gasteiger partial charge on any atom is 0.270 e. The van der Waals surface area contributed by atoms with E-state index in [1.807, 2.05) is 42.5 Å². The van der Waals surface area contributed by atoms with Crippen LogP contribution in [0.15, 0.2) is 51.4 Å². The lowest BCUT2D eigenvalue weighted by Gasteiger charge is -2.13. The SMILES string of the molecule is O=C(NC1Nc2ccc(Br)cc2N1)c1cc2cc(Br)ccc2[nH]1. The molecule has 4 rings (SSSR count). The second-order valence-electron chi connectivity index (χ2n) is 5.30. The van der Waals surface area contributed by atoms with Gasteiger partial charge in [0.2, 0.25) is 0 Å². The molecule has 0 radical (unpaired) electrons. The van der Waals surface area contributed by atoms with Crippen molar-refractivity contribution in [3.8, 4) is 0 Å². The Labute approximate surface area is 149 Å². The van der Waals surface area contributed by atoms with Crippen molar-refractivity contribution in [2.75, 3.05) is 10.6 Å². The molecule has 0 saturated carbocycles. The highest BCUT2D eigenvalue weighted by Gasteiger charge is 2.22. The summed E-state index contributed by atoms with van der Waals surface area (Å²) in [6, 6.07) is 13.6. The number of halogens is 2. The Balaban J connectivity index is 1.52. The summed E-state index contributed by atoms with van der Waals surface area (Å²) >= 11 is 6.87. The fourth-order valence-corrected chi connectivity index (χ4v) is 3.36. The Hall–Kier alpha value is -1.99. The fourth-order valence-electron chi connectivity index (χ4n) is 2.62. The van der Waals surface area contributed by atoms with Crippen molar-refractivity contribution in [3.63, 3.8) is 0 Å².